The first-order valence-corrected chi connectivity index (χ1v) is 5.26. The van der Waals surface area contributed by atoms with Gasteiger partial charge in [-0.25, -0.2) is 4.79 Å². The Morgan fingerprint density at radius 2 is 1.82 bits per heavy atom. The third-order valence-electron chi connectivity index (χ3n) is 2.35. The number of hydrogen-bond acceptors (Lipinski definition) is 3. The van der Waals surface area contributed by atoms with Crippen LogP contribution in [0.4, 0.5) is 0 Å². The highest BCUT2D eigenvalue weighted by Crippen LogP contribution is 2.25. The molecule has 1 aromatic carbocycles. The van der Waals surface area contributed by atoms with Crippen molar-refractivity contribution in [2.24, 2.45) is 5.41 Å². The summed E-state index contributed by atoms with van der Waals surface area (Å²) in [4.78, 5) is 11.7. The van der Waals surface area contributed by atoms with Crippen LogP contribution in [-0.4, -0.2) is 5.97 Å². The number of carbonyl (C=O) groups is 1. The fraction of sp³-hybridized carbons (Fsp3) is 0.286. The molecule has 0 fully saturated rings. The number of rotatable bonds is 2. The Morgan fingerprint density at radius 1 is 1.29 bits per heavy atom. The lowest BCUT2D eigenvalue weighted by Gasteiger charge is -2.19. The average Bonchev–Trinajstić information content (AvgIpc) is 2.27. The summed E-state index contributed by atoms with van der Waals surface area (Å²) in [5, 5.41) is 8.63. The summed E-state index contributed by atoms with van der Waals surface area (Å²) < 4.78 is 5.15. The Labute approximate surface area is 101 Å². The van der Waals surface area contributed by atoms with Gasteiger partial charge in [0.25, 0.3) is 0 Å². The van der Waals surface area contributed by atoms with Crippen molar-refractivity contribution in [2.75, 3.05) is 0 Å². The first-order valence-electron chi connectivity index (χ1n) is 5.26. The van der Waals surface area contributed by atoms with Crippen LogP contribution < -0.4 is 4.74 Å². The lowest BCUT2D eigenvalue weighted by Crippen LogP contribution is -2.21. The molecule has 0 saturated carbocycles. The van der Waals surface area contributed by atoms with Gasteiger partial charge in [-0.05, 0) is 29.7 Å². The Hall–Kier alpha value is -2.08. The second-order valence-corrected chi connectivity index (χ2v) is 4.75. The van der Waals surface area contributed by atoms with Crippen LogP contribution in [0.3, 0.4) is 0 Å². The van der Waals surface area contributed by atoms with E-state index in [0.29, 0.717) is 16.9 Å². The van der Waals surface area contributed by atoms with Crippen LogP contribution in [-0.2, 0) is 4.79 Å². The van der Waals surface area contributed by atoms with E-state index in [1.165, 1.54) is 0 Å². The van der Waals surface area contributed by atoms with E-state index >= 15 is 0 Å². The zero-order chi connectivity index (χ0) is 13.1. The predicted octanol–water partition coefficient (Wildman–Crippen LogP) is 3.07. The maximum Gasteiger partial charge on any atom is 0.339 e. The molecule has 0 N–H and O–H groups in total. The molecule has 3 nitrogen and oxygen atoms in total. The van der Waals surface area contributed by atoms with Crippen LogP contribution in [0.5, 0.6) is 5.75 Å². The Kier molecular flexibility index (Phi) is 3.69. The van der Waals surface area contributed by atoms with E-state index in [9.17, 15) is 4.79 Å². The van der Waals surface area contributed by atoms with Gasteiger partial charge < -0.3 is 4.74 Å². The van der Waals surface area contributed by atoms with Crippen LogP contribution in [0.2, 0.25) is 0 Å². The van der Waals surface area contributed by atoms with E-state index in [1.54, 1.807) is 24.3 Å². The highest BCUT2D eigenvalue weighted by atomic mass is 16.5. The van der Waals surface area contributed by atoms with Crippen LogP contribution >= 0.6 is 0 Å². The standard InChI is InChI=1S/C14H15NO2/c1-10(14(2,3)4)13(16)17-12-7-5-11(9-15)6-8-12/h5-8H,1H2,2-4H3. The Morgan fingerprint density at radius 3 is 2.24 bits per heavy atom. The molecule has 0 aromatic heterocycles. The van der Waals surface area contributed by atoms with Crippen LogP contribution in [0.15, 0.2) is 36.4 Å². The first kappa shape index (κ1) is 13.0. The minimum atomic E-state index is -0.442. The molecule has 0 atom stereocenters. The number of esters is 1. The molecule has 0 spiro atoms. The number of nitriles is 1. The smallest absolute Gasteiger partial charge is 0.339 e. The molecule has 0 aliphatic heterocycles. The van der Waals surface area contributed by atoms with Gasteiger partial charge in [-0.1, -0.05) is 27.4 Å². The number of nitrogens with zero attached hydrogens (tertiary/aromatic N) is 1. The van der Waals surface area contributed by atoms with Crippen LogP contribution in [0.25, 0.3) is 0 Å². The molecule has 0 amide bonds. The van der Waals surface area contributed by atoms with Gasteiger partial charge in [0.05, 0.1) is 11.6 Å². The van der Waals surface area contributed by atoms with Gasteiger partial charge in [-0.3, -0.25) is 0 Å². The van der Waals surface area contributed by atoms with E-state index in [2.05, 4.69) is 6.58 Å². The van der Waals surface area contributed by atoms with E-state index < -0.39 is 5.97 Å². The predicted molar refractivity (Wildman–Crippen MR) is 65.4 cm³/mol. The molecule has 0 radical (unpaired) electrons. The van der Waals surface area contributed by atoms with Crippen LogP contribution in [0, 0.1) is 16.7 Å². The lowest BCUT2D eigenvalue weighted by molar-refractivity contribution is -0.131. The van der Waals surface area contributed by atoms with Crippen molar-refractivity contribution >= 4 is 5.97 Å². The van der Waals surface area contributed by atoms with Gasteiger partial charge in [0, 0.05) is 5.57 Å². The number of benzene rings is 1. The largest absolute Gasteiger partial charge is 0.423 e. The molecule has 0 heterocycles. The number of ether oxygens (including phenoxy) is 1. The van der Waals surface area contributed by atoms with E-state index in [0.717, 1.165) is 0 Å². The summed E-state index contributed by atoms with van der Waals surface area (Å²) in [6.45, 7) is 9.42. The molecule has 0 aliphatic rings. The molecule has 1 aromatic rings. The van der Waals surface area contributed by atoms with Crippen molar-refractivity contribution in [2.45, 2.75) is 20.8 Å². The monoisotopic (exact) mass is 229 g/mol. The van der Waals surface area contributed by atoms with Gasteiger partial charge in [0.2, 0.25) is 0 Å². The zero-order valence-corrected chi connectivity index (χ0v) is 10.3. The molecule has 88 valence electrons. The average molecular weight is 229 g/mol. The maximum absolute atomic E-state index is 11.7. The van der Waals surface area contributed by atoms with Gasteiger partial charge in [-0.2, -0.15) is 5.26 Å². The molecule has 3 heteroatoms. The van der Waals surface area contributed by atoms with Crippen molar-refractivity contribution in [1.29, 1.82) is 5.26 Å². The van der Waals surface area contributed by atoms with Gasteiger partial charge in [0.1, 0.15) is 5.75 Å². The summed E-state index contributed by atoms with van der Waals surface area (Å²) in [6, 6.07) is 8.38. The highest BCUT2D eigenvalue weighted by molar-refractivity contribution is 5.90. The molecule has 1 rings (SSSR count). The van der Waals surface area contributed by atoms with Gasteiger partial charge in [-0.15, -0.1) is 0 Å². The quantitative estimate of drug-likeness (QED) is 0.445. The summed E-state index contributed by atoms with van der Waals surface area (Å²) >= 11 is 0. The Bertz CT molecular complexity index is 472. The lowest BCUT2D eigenvalue weighted by atomic mass is 9.88. The van der Waals surface area contributed by atoms with Crippen molar-refractivity contribution in [3.8, 4) is 11.8 Å². The van der Waals surface area contributed by atoms with Crippen molar-refractivity contribution < 1.29 is 9.53 Å². The molecule has 0 aliphatic carbocycles. The number of hydrogen-bond donors (Lipinski definition) is 0. The summed E-state index contributed by atoms with van der Waals surface area (Å²) in [6.07, 6.45) is 0. The molecular weight excluding hydrogens is 214 g/mol. The molecule has 0 bridgehead atoms. The topological polar surface area (TPSA) is 50.1 Å². The minimum Gasteiger partial charge on any atom is -0.423 e. The van der Waals surface area contributed by atoms with Gasteiger partial charge in [0.15, 0.2) is 0 Å². The van der Waals surface area contributed by atoms with Crippen LogP contribution in [0.1, 0.15) is 26.3 Å². The van der Waals surface area contributed by atoms with E-state index in [4.69, 9.17) is 10.00 Å². The molecule has 0 unspecified atom stereocenters. The molecule has 17 heavy (non-hydrogen) atoms. The summed E-state index contributed by atoms with van der Waals surface area (Å²) in [5.74, 6) is -0.0263. The summed E-state index contributed by atoms with van der Waals surface area (Å²) in [5.41, 5.74) is 0.630. The third-order valence-corrected chi connectivity index (χ3v) is 2.35. The minimum absolute atomic E-state index is 0.316. The second kappa shape index (κ2) is 4.84. The van der Waals surface area contributed by atoms with Gasteiger partial charge >= 0.3 is 5.97 Å². The second-order valence-electron chi connectivity index (χ2n) is 4.75. The molecule has 0 saturated heterocycles. The fourth-order valence-electron chi connectivity index (χ4n) is 1.07. The normalized spacial score (nSPS) is 10.5. The van der Waals surface area contributed by atoms with E-state index in [1.807, 2.05) is 26.8 Å². The van der Waals surface area contributed by atoms with Crippen molar-refractivity contribution in [1.82, 2.24) is 0 Å². The zero-order valence-electron chi connectivity index (χ0n) is 10.3. The SMILES string of the molecule is C=C(C(=O)Oc1ccc(C#N)cc1)C(C)(C)C. The fourth-order valence-corrected chi connectivity index (χ4v) is 1.07. The van der Waals surface area contributed by atoms with Crippen molar-refractivity contribution in [3.63, 3.8) is 0 Å². The summed E-state index contributed by atoms with van der Waals surface area (Å²) in [7, 11) is 0. The molecular formula is C14H15NO2. The number of carbonyl (C=O) groups excluding carboxylic acids is 1. The third kappa shape index (κ3) is 3.46. The maximum atomic E-state index is 11.7. The first-order chi connectivity index (χ1) is 7.84. The Balaban J connectivity index is 2.76. The van der Waals surface area contributed by atoms with Crippen molar-refractivity contribution in [3.05, 3.63) is 42.0 Å². The van der Waals surface area contributed by atoms with E-state index in [-0.39, 0.29) is 5.41 Å². The highest BCUT2D eigenvalue weighted by Gasteiger charge is 2.23.